The second kappa shape index (κ2) is 5.36. The minimum absolute atomic E-state index is 0.00174. The highest BCUT2D eigenvalue weighted by Crippen LogP contribution is 2.19. The molecule has 1 aromatic rings. The molecule has 1 fully saturated rings. The molecule has 0 radical (unpaired) electrons. The average molecular weight is 257 g/mol. The maximum Gasteiger partial charge on any atom is 0.241 e. The van der Waals surface area contributed by atoms with Gasteiger partial charge in [0.15, 0.2) is 0 Å². The molecule has 1 N–H and O–H groups in total. The third kappa shape index (κ3) is 3.09. The van der Waals surface area contributed by atoms with Crippen molar-refractivity contribution >= 4 is 23.2 Å². The maximum atomic E-state index is 13.4. The molecule has 0 bridgehead atoms. The van der Waals surface area contributed by atoms with Gasteiger partial charge in [0.25, 0.3) is 0 Å². The summed E-state index contributed by atoms with van der Waals surface area (Å²) in [7, 11) is 0. The van der Waals surface area contributed by atoms with Gasteiger partial charge in [0, 0.05) is 18.1 Å². The van der Waals surface area contributed by atoms with Gasteiger partial charge >= 0.3 is 0 Å². The normalized spacial score (nSPS) is 15.1. The highest BCUT2D eigenvalue weighted by Gasteiger charge is 2.17. The van der Waals surface area contributed by atoms with Crippen LogP contribution in [0.1, 0.15) is 12.8 Å². The average Bonchev–Trinajstić information content (AvgIpc) is 2.83. The van der Waals surface area contributed by atoms with Gasteiger partial charge in [-0.15, -0.1) is 0 Å². The summed E-state index contributed by atoms with van der Waals surface area (Å²) < 4.78 is 13.4. The smallest absolute Gasteiger partial charge is 0.241 e. The summed E-state index contributed by atoms with van der Waals surface area (Å²) in [6.07, 6.45) is 2.11. The summed E-state index contributed by atoms with van der Waals surface area (Å²) in [5.41, 5.74) is 0.269. The monoisotopic (exact) mass is 256 g/mol. The zero-order valence-corrected chi connectivity index (χ0v) is 10.1. The lowest BCUT2D eigenvalue weighted by Crippen LogP contribution is -2.33. The Morgan fingerprint density at radius 2 is 2.12 bits per heavy atom. The van der Waals surface area contributed by atoms with Gasteiger partial charge in [-0.25, -0.2) is 4.39 Å². The zero-order valence-electron chi connectivity index (χ0n) is 9.38. The third-order valence-corrected chi connectivity index (χ3v) is 3.05. The second-order valence-corrected chi connectivity index (χ2v) is 4.50. The van der Waals surface area contributed by atoms with Crippen molar-refractivity contribution in [3.05, 3.63) is 29.0 Å². The lowest BCUT2D eigenvalue weighted by Gasteiger charge is -2.16. The molecule has 1 aliphatic rings. The molecular formula is C12H14ClFN2O. The molecule has 0 unspecified atom stereocenters. The predicted molar refractivity (Wildman–Crippen MR) is 65.7 cm³/mol. The number of likely N-dealkylation sites (tertiary alicyclic amines) is 1. The summed E-state index contributed by atoms with van der Waals surface area (Å²) in [5, 5.41) is 3.23. The molecule has 2 rings (SSSR count). The van der Waals surface area contributed by atoms with Crippen molar-refractivity contribution in [2.45, 2.75) is 12.8 Å². The number of benzene rings is 1. The molecule has 0 aliphatic carbocycles. The van der Waals surface area contributed by atoms with E-state index in [1.54, 1.807) is 4.90 Å². The van der Waals surface area contributed by atoms with Crippen LogP contribution in [0, 0.1) is 5.82 Å². The lowest BCUT2D eigenvalue weighted by atomic mass is 10.3. The SMILES string of the molecule is O=C(CNc1cc(Cl)ccc1F)N1CCCC1. The Morgan fingerprint density at radius 3 is 2.82 bits per heavy atom. The van der Waals surface area contributed by atoms with Crippen LogP contribution >= 0.6 is 11.6 Å². The molecular weight excluding hydrogens is 243 g/mol. The summed E-state index contributed by atoms with van der Waals surface area (Å²) in [6, 6.07) is 4.24. The van der Waals surface area contributed by atoms with Crippen LogP contribution in [0.3, 0.4) is 0 Å². The first-order chi connectivity index (χ1) is 8.16. The fourth-order valence-electron chi connectivity index (χ4n) is 1.88. The van der Waals surface area contributed by atoms with Gasteiger partial charge in [-0.1, -0.05) is 11.6 Å². The Kier molecular flexibility index (Phi) is 3.84. The first-order valence-corrected chi connectivity index (χ1v) is 6.01. The standard InChI is InChI=1S/C12H14ClFN2O/c13-9-3-4-10(14)11(7-9)15-8-12(17)16-5-1-2-6-16/h3-4,7,15H,1-2,5-6,8H2. The van der Waals surface area contributed by atoms with E-state index in [4.69, 9.17) is 11.6 Å². The van der Waals surface area contributed by atoms with E-state index in [2.05, 4.69) is 5.32 Å². The highest BCUT2D eigenvalue weighted by molar-refractivity contribution is 6.30. The number of carbonyl (C=O) groups excluding carboxylic acids is 1. The molecule has 1 aliphatic heterocycles. The quantitative estimate of drug-likeness (QED) is 0.901. The number of nitrogens with zero attached hydrogens (tertiary/aromatic N) is 1. The molecule has 1 amide bonds. The van der Waals surface area contributed by atoms with Crippen LogP contribution < -0.4 is 5.32 Å². The summed E-state index contributed by atoms with van der Waals surface area (Å²) in [5.74, 6) is -0.398. The minimum Gasteiger partial charge on any atom is -0.374 e. The maximum absolute atomic E-state index is 13.4. The van der Waals surface area contributed by atoms with Crippen LogP contribution in [-0.2, 0) is 4.79 Å². The summed E-state index contributed by atoms with van der Waals surface area (Å²) in [6.45, 7) is 1.72. The van der Waals surface area contributed by atoms with Crippen LogP contribution in [0.4, 0.5) is 10.1 Å². The summed E-state index contributed by atoms with van der Waals surface area (Å²) >= 11 is 5.76. The number of nitrogens with one attached hydrogen (secondary N) is 1. The van der Waals surface area contributed by atoms with Gasteiger partial charge in [0.1, 0.15) is 5.82 Å². The van der Waals surface area contributed by atoms with Gasteiger partial charge in [-0.05, 0) is 31.0 Å². The van der Waals surface area contributed by atoms with E-state index in [0.29, 0.717) is 5.02 Å². The van der Waals surface area contributed by atoms with E-state index in [-0.39, 0.29) is 18.1 Å². The Bertz CT molecular complexity index is 419. The van der Waals surface area contributed by atoms with Crippen LogP contribution in [0.15, 0.2) is 18.2 Å². The number of halogens is 2. The van der Waals surface area contributed by atoms with E-state index < -0.39 is 5.82 Å². The van der Waals surface area contributed by atoms with Crippen LogP contribution in [-0.4, -0.2) is 30.4 Å². The first kappa shape index (κ1) is 12.2. The number of hydrogen-bond acceptors (Lipinski definition) is 2. The number of rotatable bonds is 3. The zero-order chi connectivity index (χ0) is 12.3. The lowest BCUT2D eigenvalue weighted by molar-refractivity contribution is -0.128. The van der Waals surface area contributed by atoms with Gasteiger partial charge in [0.2, 0.25) is 5.91 Å². The molecule has 17 heavy (non-hydrogen) atoms. The van der Waals surface area contributed by atoms with Crippen molar-refractivity contribution in [3.63, 3.8) is 0 Å². The molecule has 92 valence electrons. The van der Waals surface area contributed by atoms with Gasteiger partial charge in [-0.2, -0.15) is 0 Å². The fourth-order valence-corrected chi connectivity index (χ4v) is 2.05. The van der Waals surface area contributed by atoms with Crippen molar-refractivity contribution < 1.29 is 9.18 Å². The molecule has 5 heteroatoms. The molecule has 0 atom stereocenters. The topological polar surface area (TPSA) is 32.3 Å². The van der Waals surface area contributed by atoms with E-state index in [9.17, 15) is 9.18 Å². The highest BCUT2D eigenvalue weighted by atomic mass is 35.5. The number of hydrogen-bond donors (Lipinski definition) is 1. The number of amides is 1. The predicted octanol–water partition coefficient (Wildman–Crippen LogP) is 2.51. The van der Waals surface area contributed by atoms with Gasteiger partial charge in [0.05, 0.1) is 12.2 Å². The summed E-state index contributed by atoms with van der Waals surface area (Å²) in [4.78, 5) is 13.5. The molecule has 0 aromatic heterocycles. The fraction of sp³-hybridized carbons (Fsp3) is 0.417. The van der Waals surface area contributed by atoms with Crippen molar-refractivity contribution in [2.75, 3.05) is 25.0 Å². The Labute approximate surface area is 105 Å². The van der Waals surface area contributed by atoms with Crippen molar-refractivity contribution in [1.82, 2.24) is 4.90 Å². The van der Waals surface area contributed by atoms with E-state index in [0.717, 1.165) is 25.9 Å². The van der Waals surface area contributed by atoms with E-state index in [1.165, 1.54) is 18.2 Å². The van der Waals surface area contributed by atoms with Crippen molar-refractivity contribution in [3.8, 4) is 0 Å². The van der Waals surface area contributed by atoms with Crippen LogP contribution in [0.2, 0.25) is 5.02 Å². The molecule has 1 saturated heterocycles. The van der Waals surface area contributed by atoms with Gasteiger partial charge in [-0.3, -0.25) is 4.79 Å². The Hall–Kier alpha value is -1.29. The third-order valence-electron chi connectivity index (χ3n) is 2.82. The van der Waals surface area contributed by atoms with Crippen molar-refractivity contribution in [1.29, 1.82) is 0 Å². The molecule has 1 aromatic carbocycles. The number of anilines is 1. The Morgan fingerprint density at radius 1 is 1.41 bits per heavy atom. The second-order valence-electron chi connectivity index (χ2n) is 4.07. The van der Waals surface area contributed by atoms with E-state index >= 15 is 0 Å². The van der Waals surface area contributed by atoms with Crippen LogP contribution in [0.25, 0.3) is 0 Å². The molecule has 0 saturated carbocycles. The number of carbonyl (C=O) groups is 1. The van der Waals surface area contributed by atoms with E-state index in [1.807, 2.05) is 0 Å². The minimum atomic E-state index is -0.399. The molecule has 1 heterocycles. The van der Waals surface area contributed by atoms with Gasteiger partial charge < -0.3 is 10.2 Å². The molecule has 0 spiro atoms. The largest absolute Gasteiger partial charge is 0.374 e. The first-order valence-electron chi connectivity index (χ1n) is 5.63. The van der Waals surface area contributed by atoms with Crippen molar-refractivity contribution in [2.24, 2.45) is 0 Å². The molecule has 3 nitrogen and oxygen atoms in total. The van der Waals surface area contributed by atoms with Crippen LogP contribution in [0.5, 0.6) is 0 Å². The Balaban J connectivity index is 1.92.